The van der Waals surface area contributed by atoms with Crippen molar-refractivity contribution in [1.82, 2.24) is 14.9 Å². The minimum atomic E-state index is -0.214. The number of benzene rings is 5. The van der Waals surface area contributed by atoms with Crippen molar-refractivity contribution in [2.75, 3.05) is 18.4 Å². The molecule has 1 aliphatic heterocycles. The molecule has 6 nitrogen and oxygen atoms in total. The van der Waals surface area contributed by atoms with Crippen LogP contribution < -0.4 is 10.1 Å². The van der Waals surface area contributed by atoms with Crippen LogP contribution >= 0.6 is 12.2 Å². The molecule has 1 fully saturated rings. The Morgan fingerprint density at radius 2 is 1.39 bits per heavy atom. The number of amides is 1. The molecule has 0 spiro atoms. The molecule has 1 aliphatic rings. The number of hydrogen-bond acceptors (Lipinski definition) is 5. The van der Waals surface area contributed by atoms with Gasteiger partial charge in [0.1, 0.15) is 5.75 Å². The molecule has 0 aliphatic carbocycles. The molecule has 0 saturated carbocycles. The number of aromatic nitrogens is 2. The first-order chi connectivity index (χ1) is 20.0. The van der Waals surface area contributed by atoms with Gasteiger partial charge in [0, 0.05) is 35.1 Å². The van der Waals surface area contributed by atoms with Crippen molar-refractivity contribution < 1.29 is 9.53 Å². The number of anilines is 1. The molecule has 2 heterocycles. The maximum Gasteiger partial charge on any atom is 0.264 e. The predicted octanol–water partition coefficient (Wildman–Crippen LogP) is 7.74. The van der Waals surface area contributed by atoms with E-state index in [0.29, 0.717) is 22.2 Å². The van der Waals surface area contributed by atoms with Gasteiger partial charge in [-0.05, 0) is 84.2 Å². The van der Waals surface area contributed by atoms with E-state index in [1.165, 1.54) is 0 Å². The van der Waals surface area contributed by atoms with Crippen molar-refractivity contribution in [3.05, 3.63) is 96.6 Å². The summed E-state index contributed by atoms with van der Waals surface area (Å²) in [6, 6.07) is 29.3. The quantitative estimate of drug-likeness (QED) is 0.137. The third-order valence-corrected chi connectivity index (χ3v) is 8.28. The highest BCUT2D eigenvalue weighted by molar-refractivity contribution is 7.80. The van der Waals surface area contributed by atoms with Crippen LogP contribution in [0.15, 0.2) is 91.0 Å². The summed E-state index contributed by atoms with van der Waals surface area (Å²) < 4.78 is 5.89. The van der Waals surface area contributed by atoms with Gasteiger partial charge >= 0.3 is 0 Å². The average molecular weight is 557 g/mol. The summed E-state index contributed by atoms with van der Waals surface area (Å²) in [5.41, 5.74) is 4.40. The fourth-order valence-electron chi connectivity index (χ4n) is 5.59. The molecule has 1 N–H and O–H groups in total. The summed E-state index contributed by atoms with van der Waals surface area (Å²) in [5.74, 6) is 1.13. The number of fused-ring (bicyclic) bond motifs is 7. The second kappa shape index (κ2) is 10.4. The molecule has 6 aromatic rings. The third kappa shape index (κ3) is 4.83. The Hall–Kier alpha value is -4.62. The number of rotatable bonds is 3. The molecule has 1 saturated heterocycles. The van der Waals surface area contributed by atoms with Gasteiger partial charge < -0.3 is 15.0 Å². The van der Waals surface area contributed by atoms with Gasteiger partial charge in [0.2, 0.25) is 0 Å². The maximum atomic E-state index is 13.1. The predicted molar refractivity (Wildman–Crippen MR) is 170 cm³/mol. The topological polar surface area (TPSA) is 67.3 Å². The summed E-state index contributed by atoms with van der Waals surface area (Å²) in [5, 5.41) is 7.92. The lowest BCUT2D eigenvalue weighted by atomic mass is 9.99. The van der Waals surface area contributed by atoms with Gasteiger partial charge in [-0.25, -0.2) is 9.97 Å². The lowest BCUT2D eigenvalue weighted by molar-refractivity contribution is 0.102. The van der Waals surface area contributed by atoms with Crippen molar-refractivity contribution >= 4 is 72.6 Å². The van der Waals surface area contributed by atoms with Crippen molar-refractivity contribution in [1.29, 1.82) is 0 Å². The van der Waals surface area contributed by atoms with Gasteiger partial charge in [-0.3, -0.25) is 4.79 Å². The van der Waals surface area contributed by atoms with Crippen LogP contribution in [-0.2, 0) is 0 Å². The first-order valence-corrected chi connectivity index (χ1v) is 14.3. The van der Waals surface area contributed by atoms with Crippen LogP contribution in [0, 0.1) is 5.92 Å². The summed E-state index contributed by atoms with van der Waals surface area (Å²) in [6.45, 7) is 4.10. The van der Waals surface area contributed by atoms with Gasteiger partial charge in [0.05, 0.1) is 22.1 Å². The lowest BCUT2D eigenvalue weighted by Gasteiger charge is -2.31. The summed E-state index contributed by atoms with van der Waals surface area (Å²) >= 11 is 5.50. The van der Waals surface area contributed by atoms with Crippen LogP contribution in [-0.4, -0.2) is 39.0 Å². The van der Waals surface area contributed by atoms with Crippen LogP contribution in [0.3, 0.4) is 0 Å². The molecule has 1 amide bonds. The van der Waals surface area contributed by atoms with Crippen molar-refractivity contribution in [2.24, 2.45) is 5.92 Å². The lowest BCUT2D eigenvalue weighted by Crippen LogP contribution is -2.39. The summed E-state index contributed by atoms with van der Waals surface area (Å²) in [4.78, 5) is 25.2. The monoisotopic (exact) mass is 556 g/mol. The van der Waals surface area contributed by atoms with E-state index in [1.807, 2.05) is 36.4 Å². The Morgan fingerprint density at radius 3 is 2.02 bits per heavy atom. The smallest absolute Gasteiger partial charge is 0.264 e. The Kier molecular flexibility index (Phi) is 6.44. The normalized spacial score (nSPS) is 14.1. The first kappa shape index (κ1) is 25.4. The van der Waals surface area contributed by atoms with Gasteiger partial charge in [-0.15, -0.1) is 0 Å². The number of ether oxygens (including phenoxy) is 1. The molecule has 5 aromatic carbocycles. The zero-order valence-corrected chi connectivity index (χ0v) is 23.4. The molecule has 7 rings (SSSR count). The van der Waals surface area contributed by atoms with Gasteiger partial charge in [0.15, 0.2) is 0 Å². The van der Waals surface area contributed by atoms with Crippen LogP contribution in [0.2, 0.25) is 0 Å². The van der Waals surface area contributed by atoms with Gasteiger partial charge in [-0.2, -0.15) is 0 Å². The van der Waals surface area contributed by atoms with Crippen molar-refractivity contribution in [2.45, 2.75) is 19.8 Å². The van der Waals surface area contributed by atoms with Gasteiger partial charge in [0.25, 0.3) is 11.1 Å². The van der Waals surface area contributed by atoms with Crippen LogP contribution in [0.25, 0.3) is 43.6 Å². The number of piperidine rings is 1. The Bertz CT molecular complexity index is 1960. The van der Waals surface area contributed by atoms with Crippen molar-refractivity contribution in [3.63, 3.8) is 0 Å². The highest BCUT2D eigenvalue weighted by Gasteiger charge is 2.19. The standard InChI is InChI=1S/C34H28N4O2S/c1-21-16-18-38(19-17-21)34(41)40-24-13-10-22(11-14-24)33(39)35-23-12-15-29-30(20-23)37-32-28-9-5-3-7-26(28)25-6-2-4-8-27(25)31(32)36-29/h2-15,20-21H,16-19H2,1H3,(H,35,39). The summed E-state index contributed by atoms with van der Waals surface area (Å²) in [6.07, 6.45) is 2.24. The molecule has 1 aromatic heterocycles. The maximum absolute atomic E-state index is 13.1. The SMILES string of the molecule is CC1CCN(C(=S)Oc2ccc(C(=O)Nc3ccc4nc5c6ccccc6c6ccccc6c5nc4c3)cc2)CC1. The Labute approximate surface area is 243 Å². The number of likely N-dealkylation sites (tertiary alicyclic amines) is 1. The first-order valence-electron chi connectivity index (χ1n) is 13.9. The molecular weight excluding hydrogens is 528 g/mol. The van der Waals surface area contributed by atoms with Crippen LogP contribution in [0.5, 0.6) is 5.75 Å². The van der Waals surface area contributed by atoms with Crippen molar-refractivity contribution in [3.8, 4) is 5.75 Å². The van der Waals surface area contributed by atoms with E-state index in [-0.39, 0.29) is 5.91 Å². The number of thiocarbonyl (C=S) groups is 1. The highest BCUT2D eigenvalue weighted by atomic mass is 32.1. The van der Waals surface area contributed by atoms with E-state index in [9.17, 15) is 4.79 Å². The molecule has 7 heteroatoms. The molecule has 41 heavy (non-hydrogen) atoms. The van der Waals surface area contributed by atoms with E-state index in [2.05, 4.69) is 47.5 Å². The number of nitrogens with one attached hydrogen (secondary N) is 1. The van der Waals surface area contributed by atoms with E-state index < -0.39 is 0 Å². The van der Waals surface area contributed by atoms with Crippen LogP contribution in [0.4, 0.5) is 5.69 Å². The third-order valence-electron chi connectivity index (χ3n) is 7.94. The second-order valence-electron chi connectivity index (χ2n) is 10.7. The zero-order chi connectivity index (χ0) is 27.9. The Balaban J connectivity index is 1.13. The average Bonchev–Trinajstić information content (AvgIpc) is 3.01. The van der Waals surface area contributed by atoms with E-state index in [0.717, 1.165) is 75.5 Å². The molecular formula is C34H28N4O2S. The van der Waals surface area contributed by atoms with Crippen LogP contribution in [0.1, 0.15) is 30.1 Å². The minimum absolute atomic E-state index is 0.214. The van der Waals surface area contributed by atoms with E-state index in [1.54, 1.807) is 24.3 Å². The molecule has 0 atom stereocenters. The Morgan fingerprint density at radius 1 is 0.805 bits per heavy atom. The van der Waals surface area contributed by atoms with E-state index >= 15 is 0 Å². The minimum Gasteiger partial charge on any atom is -0.432 e. The number of carbonyl (C=O) groups excluding carboxylic acids is 1. The molecule has 0 unspecified atom stereocenters. The molecule has 202 valence electrons. The number of carbonyl (C=O) groups is 1. The number of hydrogen-bond donors (Lipinski definition) is 1. The highest BCUT2D eigenvalue weighted by Crippen LogP contribution is 2.34. The summed E-state index contributed by atoms with van der Waals surface area (Å²) in [7, 11) is 0. The van der Waals surface area contributed by atoms with E-state index in [4.69, 9.17) is 26.9 Å². The fraction of sp³-hybridized carbons (Fsp3) is 0.176. The fourth-order valence-corrected chi connectivity index (χ4v) is 5.87. The van der Waals surface area contributed by atoms with Gasteiger partial charge in [-0.1, -0.05) is 55.5 Å². The molecule has 0 bridgehead atoms. The second-order valence-corrected chi connectivity index (χ2v) is 11.1. The largest absolute Gasteiger partial charge is 0.432 e. The molecule has 0 radical (unpaired) electrons. The zero-order valence-electron chi connectivity index (χ0n) is 22.6. The number of nitrogens with zero attached hydrogens (tertiary/aromatic N) is 3.